The van der Waals surface area contributed by atoms with Gasteiger partial charge in [0, 0.05) is 26.9 Å². The zero-order chi connectivity index (χ0) is 12.3. The third-order valence-corrected chi connectivity index (χ3v) is 3.24. The Morgan fingerprint density at radius 2 is 1.76 bits per heavy atom. The minimum Gasteiger partial charge on any atom is -0.493 e. The first-order valence-corrected chi connectivity index (χ1v) is 5.64. The van der Waals surface area contributed by atoms with E-state index in [0.717, 1.165) is 17.7 Å². The number of methoxy groups -OCH3 is 3. The van der Waals surface area contributed by atoms with Crippen molar-refractivity contribution in [2.24, 2.45) is 0 Å². The third kappa shape index (κ3) is 2.04. The van der Waals surface area contributed by atoms with Crippen molar-refractivity contribution < 1.29 is 18.9 Å². The number of benzene rings is 1. The molecule has 1 atom stereocenters. The quantitative estimate of drug-likeness (QED) is 0.753. The number of fused-ring (bicyclic) bond motifs is 1. The van der Waals surface area contributed by atoms with E-state index in [1.165, 1.54) is 0 Å². The van der Waals surface area contributed by atoms with E-state index in [9.17, 15) is 0 Å². The van der Waals surface area contributed by atoms with Crippen molar-refractivity contribution in [2.45, 2.75) is 18.3 Å². The molecule has 17 heavy (non-hydrogen) atoms. The van der Waals surface area contributed by atoms with Crippen LogP contribution in [0, 0.1) is 0 Å². The van der Waals surface area contributed by atoms with Crippen LogP contribution in [0.1, 0.15) is 17.9 Å². The number of rotatable bonds is 4. The van der Waals surface area contributed by atoms with E-state index in [1.807, 2.05) is 24.3 Å². The predicted octanol–water partition coefficient (Wildman–Crippen LogP) is 2.15. The molecule has 94 valence electrons. The topological polar surface area (TPSA) is 36.9 Å². The van der Waals surface area contributed by atoms with Gasteiger partial charge < -0.3 is 18.9 Å². The molecule has 0 saturated carbocycles. The molecule has 0 bridgehead atoms. The predicted molar refractivity (Wildman–Crippen MR) is 63.1 cm³/mol. The molecular weight excluding hydrogens is 220 g/mol. The summed E-state index contributed by atoms with van der Waals surface area (Å²) < 4.78 is 21.9. The normalized spacial score (nSPS) is 19.6. The van der Waals surface area contributed by atoms with Gasteiger partial charge in [0.15, 0.2) is 0 Å². The first-order valence-electron chi connectivity index (χ1n) is 5.64. The van der Waals surface area contributed by atoms with Gasteiger partial charge in [0.1, 0.15) is 5.75 Å². The summed E-state index contributed by atoms with van der Waals surface area (Å²) in [6.45, 7) is 0.638. The van der Waals surface area contributed by atoms with Gasteiger partial charge in [-0.2, -0.15) is 0 Å². The second-order valence-corrected chi connectivity index (χ2v) is 3.94. The monoisotopic (exact) mass is 238 g/mol. The minimum absolute atomic E-state index is 0.00690. The lowest BCUT2D eigenvalue weighted by Crippen LogP contribution is -2.44. The van der Waals surface area contributed by atoms with Crippen molar-refractivity contribution >= 4 is 0 Å². The number of hydrogen-bond donors (Lipinski definition) is 0. The first kappa shape index (κ1) is 12.4. The first-order chi connectivity index (χ1) is 8.27. The van der Waals surface area contributed by atoms with E-state index >= 15 is 0 Å². The van der Waals surface area contributed by atoms with Crippen LogP contribution in [-0.4, -0.2) is 33.9 Å². The molecule has 0 N–H and O–H groups in total. The molecule has 0 aromatic heterocycles. The summed E-state index contributed by atoms with van der Waals surface area (Å²) in [6.07, 6.45) is 0.798. The maximum Gasteiger partial charge on any atom is 0.289 e. The number of para-hydroxylation sites is 1. The Kier molecular flexibility index (Phi) is 3.66. The van der Waals surface area contributed by atoms with Crippen molar-refractivity contribution in [3.05, 3.63) is 29.8 Å². The molecule has 1 aromatic rings. The van der Waals surface area contributed by atoms with E-state index in [0.29, 0.717) is 6.61 Å². The summed E-state index contributed by atoms with van der Waals surface area (Å²) in [5.41, 5.74) is 1.06. The molecule has 0 spiro atoms. The fraction of sp³-hybridized carbons (Fsp3) is 0.538. The van der Waals surface area contributed by atoms with Gasteiger partial charge in [0.25, 0.3) is 5.97 Å². The summed E-state index contributed by atoms with van der Waals surface area (Å²) in [4.78, 5) is 0. The fourth-order valence-corrected chi connectivity index (χ4v) is 2.39. The number of hydrogen-bond acceptors (Lipinski definition) is 4. The zero-order valence-corrected chi connectivity index (χ0v) is 10.4. The van der Waals surface area contributed by atoms with Gasteiger partial charge in [-0.1, -0.05) is 18.2 Å². The van der Waals surface area contributed by atoms with Crippen LogP contribution in [0.25, 0.3) is 0 Å². The highest BCUT2D eigenvalue weighted by Crippen LogP contribution is 2.42. The van der Waals surface area contributed by atoms with E-state index in [2.05, 4.69) is 0 Å². The molecule has 0 amide bonds. The SMILES string of the molecule is COC(OC)(OC)C1CCOc2ccccc21. The molecule has 0 saturated heterocycles. The molecule has 1 aliphatic heterocycles. The van der Waals surface area contributed by atoms with Crippen LogP contribution in [0.5, 0.6) is 5.75 Å². The highest BCUT2D eigenvalue weighted by molar-refractivity contribution is 5.38. The lowest BCUT2D eigenvalue weighted by Gasteiger charge is -2.39. The van der Waals surface area contributed by atoms with Crippen LogP contribution in [-0.2, 0) is 14.2 Å². The van der Waals surface area contributed by atoms with Crippen molar-refractivity contribution in [3.63, 3.8) is 0 Å². The van der Waals surface area contributed by atoms with Gasteiger partial charge in [-0.15, -0.1) is 0 Å². The zero-order valence-electron chi connectivity index (χ0n) is 10.4. The van der Waals surface area contributed by atoms with Crippen molar-refractivity contribution in [1.82, 2.24) is 0 Å². The number of ether oxygens (including phenoxy) is 4. The molecule has 1 unspecified atom stereocenters. The maximum atomic E-state index is 5.62. The van der Waals surface area contributed by atoms with Crippen LogP contribution in [0.3, 0.4) is 0 Å². The lowest BCUT2D eigenvalue weighted by molar-refractivity contribution is -0.366. The molecule has 2 rings (SSSR count). The smallest absolute Gasteiger partial charge is 0.289 e. The summed E-state index contributed by atoms with van der Waals surface area (Å²) in [5.74, 6) is -0.161. The Balaban J connectivity index is 2.40. The van der Waals surface area contributed by atoms with Crippen LogP contribution in [0.15, 0.2) is 24.3 Å². The Bertz CT molecular complexity index is 365. The van der Waals surface area contributed by atoms with Gasteiger partial charge in [-0.05, 0) is 12.5 Å². The summed E-state index contributed by atoms with van der Waals surface area (Å²) in [7, 11) is 4.77. The van der Waals surface area contributed by atoms with Crippen molar-refractivity contribution in [2.75, 3.05) is 27.9 Å². The molecule has 0 radical (unpaired) electrons. The fourth-order valence-electron chi connectivity index (χ4n) is 2.39. The van der Waals surface area contributed by atoms with Gasteiger partial charge >= 0.3 is 0 Å². The second kappa shape index (κ2) is 5.04. The highest BCUT2D eigenvalue weighted by Gasteiger charge is 2.43. The van der Waals surface area contributed by atoms with E-state index in [-0.39, 0.29) is 5.92 Å². The standard InChI is InChI=1S/C13H18O4/c1-14-13(15-2,16-3)11-8-9-17-12-7-5-4-6-10(11)12/h4-7,11H,8-9H2,1-3H3. The summed E-state index contributed by atoms with van der Waals surface area (Å²) in [6, 6.07) is 7.90. The summed E-state index contributed by atoms with van der Waals surface area (Å²) in [5, 5.41) is 0. The molecule has 4 heteroatoms. The van der Waals surface area contributed by atoms with Gasteiger partial charge in [-0.3, -0.25) is 0 Å². The summed E-state index contributed by atoms with van der Waals surface area (Å²) >= 11 is 0. The molecule has 1 heterocycles. The molecular formula is C13H18O4. The average molecular weight is 238 g/mol. The van der Waals surface area contributed by atoms with Crippen LogP contribution >= 0.6 is 0 Å². The highest BCUT2D eigenvalue weighted by atomic mass is 16.9. The minimum atomic E-state index is -1.04. The molecule has 4 nitrogen and oxygen atoms in total. The van der Waals surface area contributed by atoms with Crippen molar-refractivity contribution in [1.29, 1.82) is 0 Å². The largest absolute Gasteiger partial charge is 0.493 e. The van der Waals surface area contributed by atoms with Gasteiger partial charge in [-0.25, -0.2) is 0 Å². The average Bonchev–Trinajstić information content (AvgIpc) is 2.41. The maximum absolute atomic E-state index is 5.62. The van der Waals surface area contributed by atoms with Crippen LogP contribution in [0.2, 0.25) is 0 Å². The molecule has 0 aliphatic carbocycles. The Labute approximate surface area is 101 Å². The Morgan fingerprint density at radius 3 is 2.41 bits per heavy atom. The molecule has 0 fully saturated rings. The van der Waals surface area contributed by atoms with Gasteiger partial charge in [0.2, 0.25) is 0 Å². The third-order valence-electron chi connectivity index (χ3n) is 3.24. The van der Waals surface area contributed by atoms with E-state index in [1.54, 1.807) is 21.3 Å². The van der Waals surface area contributed by atoms with Crippen LogP contribution in [0.4, 0.5) is 0 Å². The second-order valence-electron chi connectivity index (χ2n) is 3.94. The molecule has 1 aliphatic rings. The Hall–Kier alpha value is -1.10. The van der Waals surface area contributed by atoms with E-state index in [4.69, 9.17) is 18.9 Å². The lowest BCUT2D eigenvalue weighted by atomic mass is 9.90. The molecule has 1 aromatic carbocycles. The Morgan fingerprint density at radius 1 is 1.12 bits per heavy atom. The van der Waals surface area contributed by atoms with Crippen LogP contribution < -0.4 is 4.74 Å². The van der Waals surface area contributed by atoms with Gasteiger partial charge in [0.05, 0.1) is 12.5 Å². The van der Waals surface area contributed by atoms with E-state index < -0.39 is 5.97 Å². The van der Waals surface area contributed by atoms with Crippen molar-refractivity contribution in [3.8, 4) is 5.75 Å².